The van der Waals surface area contributed by atoms with Gasteiger partial charge in [-0.2, -0.15) is 0 Å². The van der Waals surface area contributed by atoms with Crippen LogP contribution in [0.3, 0.4) is 0 Å². The molecule has 0 rings (SSSR count). The van der Waals surface area contributed by atoms with Crippen LogP contribution >= 0.6 is 0 Å². The lowest BCUT2D eigenvalue weighted by molar-refractivity contribution is -0.138. The molecule has 0 heterocycles. The Kier molecular flexibility index (Phi) is 8.40. The van der Waals surface area contributed by atoms with Crippen LogP contribution in [0.2, 0.25) is 0 Å². The van der Waals surface area contributed by atoms with Gasteiger partial charge in [0.1, 0.15) is 6.04 Å². The molecule has 0 unspecified atom stereocenters. The van der Waals surface area contributed by atoms with Crippen molar-refractivity contribution in [2.45, 2.75) is 52.0 Å². The Bertz CT molecular complexity index is 244. The standard InChI is InChI=1S/C12H24N2O3/c1-3-4-8-14(10(2)15)9-6-5-7-11(13)12(16)17/h11H,3-9,13H2,1-2H3,(H,16,17)/t11-/m0/s1. The third-order valence-electron chi connectivity index (χ3n) is 2.74. The number of carbonyl (C=O) groups excluding carboxylic acids is 1. The third-order valence-corrected chi connectivity index (χ3v) is 2.74. The lowest BCUT2D eigenvalue weighted by Crippen LogP contribution is -2.32. The van der Waals surface area contributed by atoms with Crippen LogP contribution in [0, 0.1) is 0 Å². The zero-order chi connectivity index (χ0) is 13.3. The maximum atomic E-state index is 11.3. The van der Waals surface area contributed by atoms with Crippen molar-refractivity contribution in [3.8, 4) is 0 Å². The van der Waals surface area contributed by atoms with Crippen molar-refractivity contribution >= 4 is 11.9 Å². The summed E-state index contributed by atoms with van der Waals surface area (Å²) in [7, 11) is 0. The van der Waals surface area contributed by atoms with E-state index < -0.39 is 12.0 Å². The van der Waals surface area contributed by atoms with Gasteiger partial charge in [-0.1, -0.05) is 13.3 Å². The van der Waals surface area contributed by atoms with E-state index in [9.17, 15) is 9.59 Å². The van der Waals surface area contributed by atoms with Gasteiger partial charge in [-0.15, -0.1) is 0 Å². The smallest absolute Gasteiger partial charge is 0.320 e. The van der Waals surface area contributed by atoms with E-state index in [1.807, 2.05) is 4.90 Å². The first-order chi connectivity index (χ1) is 7.99. The van der Waals surface area contributed by atoms with Gasteiger partial charge in [-0.3, -0.25) is 9.59 Å². The molecule has 1 atom stereocenters. The SMILES string of the molecule is CCCCN(CCCC[C@H](N)C(=O)O)C(C)=O. The summed E-state index contributed by atoms with van der Waals surface area (Å²) >= 11 is 0. The molecule has 0 aliphatic rings. The summed E-state index contributed by atoms with van der Waals surface area (Å²) < 4.78 is 0. The van der Waals surface area contributed by atoms with Crippen LogP contribution in [0.25, 0.3) is 0 Å². The number of nitrogens with zero attached hydrogens (tertiary/aromatic N) is 1. The zero-order valence-electron chi connectivity index (χ0n) is 10.8. The Balaban J connectivity index is 3.75. The molecule has 0 fully saturated rings. The predicted octanol–water partition coefficient (Wildman–Crippen LogP) is 1.22. The second-order valence-corrected chi connectivity index (χ2v) is 4.30. The maximum Gasteiger partial charge on any atom is 0.320 e. The number of unbranched alkanes of at least 4 members (excludes halogenated alkanes) is 2. The highest BCUT2D eigenvalue weighted by atomic mass is 16.4. The van der Waals surface area contributed by atoms with E-state index in [0.717, 1.165) is 32.2 Å². The van der Waals surface area contributed by atoms with E-state index in [1.165, 1.54) is 0 Å². The summed E-state index contributed by atoms with van der Waals surface area (Å²) in [6.07, 6.45) is 4.09. The second kappa shape index (κ2) is 8.98. The molecule has 100 valence electrons. The maximum absolute atomic E-state index is 11.3. The molecule has 0 radical (unpaired) electrons. The van der Waals surface area contributed by atoms with Crippen LogP contribution in [0.15, 0.2) is 0 Å². The molecule has 0 aromatic heterocycles. The number of aliphatic carboxylic acids is 1. The molecule has 0 aliphatic carbocycles. The van der Waals surface area contributed by atoms with Crippen LogP contribution in [0.4, 0.5) is 0 Å². The van der Waals surface area contributed by atoms with E-state index in [2.05, 4.69) is 6.92 Å². The van der Waals surface area contributed by atoms with E-state index in [1.54, 1.807) is 6.92 Å². The molecular weight excluding hydrogens is 220 g/mol. The van der Waals surface area contributed by atoms with Gasteiger partial charge in [0.2, 0.25) is 5.91 Å². The molecule has 0 aliphatic heterocycles. The Hall–Kier alpha value is -1.10. The Morgan fingerprint density at radius 3 is 2.29 bits per heavy atom. The second-order valence-electron chi connectivity index (χ2n) is 4.30. The van der Waals surface area contributed by atoms with Gasteiger partial charge >= 0.3 is 5.97 Å². The Labute approximate surface area is 103 Å². The van der Waals surface area contributed by atoms with E-state index in [4.69, 9.17) is 10.8 Å². The average Bonchev–Trinajstić information content (AvgIpc) is 2.27. The minimum atomic E-state index is -0.959. The van der Waals surface area contributed by atoms with Gasteiger partial charge in [-0.25, -0.2) is 0 Å². The molecular formula is C12H24N2O3. The van der Waals surface area contributed by atoms with Gasteiger partial charge in [0, 0.05) is 20.0 Å². The number of nitrogens with two attached hydrogens (primary N) is 1. The molecule has 17 heavy (non-hydrogen) atoms. The van der Waals surface area contributed by atoms with Crippen LogP contribution in [-0.2, 0) is 9.59 Å². The monoisotopic (exact) mass is 244 g/mol. The van der Waals surface area contributed by atoms with Crippen LogP contribution in [-0.4, -0.2) is 41.0 Å². The first kappa shape index (κ1) is 15.9. The molecule has 0 bridgehead atoms. The molecule has 5 nitrogen and oxygen atoms in total. The fraction of sp³-hybridized carbons (Fsp3) is 0.833. The summed E-state index contributed by atoms with van der Waals surface area (Å²) in [5, 5.41) is 8.61. The fourth-order valence-electron chi connectivity index (χ4n) is 1.57. The lowest BCUT2D eigenvalue weighted by Gasteiger charge is -2.20. The lowest BCUT2D eigenvalue weighted by atomic mass is 10.1. The topological polar surface area (TPSA) is 83.6 Å². The highest BCUT2D eigenvalue weighted by Gasteiger charge is 2.11. The summed E-state index contributed by atoms with van der Waals surface area (Å²) in [4.78, 5) is 23.6. The molecule has 0 spiro atoms. The summed E-state index contributed by atoms with van der Waals surface area (Å²) in [6.45, 7) is 5.14. The Morgan fingerprint density at radius 1 is 1.24 bits per heavy atom. The minimum Gasteiger partial charge on any atom is -0.480 e. The van der Waals surface area contributed by atoms with Crippen molar-refractivity contribution in [1.82, 2.24) is 4.90 Å². The average molecular weight is 244 g/mol. The molecule has 1 amide bonds. The first-order valence-corrected chi connectivity index (χ1v) is 6.23. The van der Waals surface area contributed by atoms with Crippen molar-refractivity contribution < 1.29 is 14.7 Å². The number of carbonyl (C=O) groups is 2. The molecule has 5 heteroatoms. The number of hydrogen-bond acceptors (Lipinski definition) is 3. The van der Waals surface area contributed by atoms with Crippen molar-refractivity contribution in [2.24, 2.45) is 5.73 Å². The Morgan fingerprint density at radius 2 is 1.82 bits per heavy atom. The molecule has 0 aromatic rings. The number of carboxylic acids is 1. The van der Waals surface area contributed by atoms with Gasteiger partial charge in [-0.05, 0) is 25.7 Å². The fourth-order valence-corrected chi connectivity index (χ4v) is 1.57. The minimum absolute atomic E-state index is 0.0842. The van der Waals surface area contributed by atoms with Crippen LogP contribution in [0.5, 0.6) is 0 Å². The van der Waals surface area contributed by atoms with Crippen molar-refractivity contribution in [1.29, 1.82) is 0 Å². The van der Waals surface area contributed by atoms with Crippen molar-refractivity contribution in [2.75, 3.05) is 13.1 Å². The van der Waals surface area contributed by atoms with Gasteiger partial charge in [0.15, 0.2) is 0 Å². The molecule has 0 saturated carbocycles. The van der Waals surface area contributed by atoms with E-state index >= 15 is 0 Å². The zero-order valence-corrected chi connectivity index (χ0v) is 10.8. The predicted molar refractivity (Wildman–Crippen MR) is 66.6 cm³/mol. The van der Waals surface area contributed by atoms with Gasteiger partial charge in [0.25, 0.3) is 0 Å². The molecule has 3 N–H and O–H groups in total. The largest absolute Gasteiger partial charge is 0.480 e. The van der Waals surface area contributed by atoms with Crippen molar-refractivity contribution in [3.63, 3.8) is 0 Å². The molecule has 0 aromatic carbocycles. The normalized spacial score (nSPS) is 12.2. The summed E-state index contributed by atoms with van der Waals surface area (Å²) in [6, 6.07) is -0.781. The third kappa shape index (κ3) is 7.74. The summed E-state index contributed by atoms with van der Waals surface area (Å²) in [5.74, 6) is -0.875. The number of carboxylic acid groups (broad SMARTS) is 1. The quantitative estimate of drug-likeness (QED) is 0.597. The first-order valence-electron chi connectivity index (χ1n) is 6.23. The van der Waals surface area contributed by atoms with E-state index in [0.29, 0.717) is 13.0 Å². The van der Waals surface area contributed by atoms with Crippen LogP contribution in [0.1, 0.15) is 46.0 Å². The number of amides is 1. The van der Waals surface area contributed by atoms with Gasteiger partial charge in [0.05, 0.1) is 0 Å². The number of rotatable bonds is 9. The highest BCUT2D eigenvalue weighted by Crippen LogP contribution is 2.03. The highest BCUT2D eigenvalue weighted by molar-refractivity contribution is 5.73. The van der Waals surface area contributed by atoms with Gasteiger partial charge < -0.3 is 15.7 Å². The summed E-state index contributed by atoms with van der Waals surface area (Å²) in [5.41, 5.74) is 5.39. The molecule has 0 saturated heterocycles. The number of hydrogen-bond donors (Lipinski definition) is 2. The van der Waals surface area contributed by atoms with Crippen LogP contribution < -0.4 is 5.73 Å². The van der Waals surface area contributed by atoms with E-state index in [-0.39, 0.29) is 5.91 Å². The van der Waals surface area contributed by atoms with Crippen molar-refractivity contribution in [3.05, 3.63) is 0 Å².